The summed E-state index contributed by atoms with van der Waals surface area (Å²) in [4.78, 5) is 13.3. The lowest BCUT2D eigenvalue weighted by atomic mass is 10.1. The van der Waals surface area contributed by atoms with Gasteiger partial charge < -0.3 is 24.1 Å². The lowest BCUT2D eigenvalue weighted by Crippen LogP contribution is -2.23. The van der Waals surface area contributed by atoms with E-state index in [1.807, 2.05) is 84.3 Å². The lowest BCUT2D eigenvalue weighted by molar-refractivity contribution is 0.0950. The standard InChI is InChI=1S/C27H23ClN2O4/c1-17-21(27(31)29-15-18-7-12-25-26(13-18)34-16-33-25)14-24(19-8-10-20(32-2)11-9-19)30(17)23-6-4-3-5-22(23)28/h3-14H,15-16H2,1-2H3,(H,29,31). The first kappa shape index (κ1) is 21.9. The van der Waals surface area contributed by atoms with Gasteiger partial charge in [0, 0.05) is 12.2 Å². The molecular formula is C27H23ClN2O4. The number of rotatable bonds is 6. The summed E-state index contributed by atoms with van der Waals surface area (Å²) in [7, 11) is 1.63. The Balaban J connectivity index is 1.49. The first-order chi connectivity index (χ1) is 16.5. The molecule has 1 aromatic heterocycles. The highest BCUT2D eigenvalue weighted by Gasteiger charge is 2.21. The van der Waals surface area contributed by atoms with E-state index < -0.39 is 0 Å². The fourth-order valence-electron chi connectivity index (χ4n) is 4.08. The Hall–Kier alpha value is -3.90. The Kier molecular flexibility index (Phi) is 5.90. The van der Waals surface area contributed by atoms with E-state index in [0.717, 1.165) is 34.0 Å². The van der Waals surface area contributed by atoms with Crippen LogP contribution in [0.2, 0.25) is 5.02 Å². The van der Waals surface area contributed by atoms with Crippen molar-refractivity contribution < 1.29 is 19.0 Å². The number of nitrogens with zero attached hydrogens (tertiary/aromatic N) is 1. The van der Waals surface area contributed by atoms with Gasteiger partial charge in [0.2, 0.25) is 6.79 Å². The van der Waals surface area contributed by atoms with E-state index in [-0.39, 0.29) is 12.7 Å². The van der Waals surface area contributed by atoms with Gasteiger partial charge in [-0.3, -0.25) is 4.79 Å². The van der Waals surface area contributed by atoms with Gasteiger partial charge >= 0.3 is 0 Å². The van der Waals surface area contributed by atoms with Crippen LogP contribution in [0.4, 0.5) is 0 Å². The van der Waals surface area contributed by atoms with Gasteiger partial charge in [-0.2, -0.15) is 0 Å². The number of methoxy groups -OCH3 is 1. The number of amides is 1. The molecule has 0 fully saturated rings. The van der Waals surface area contributed by atoms with Crippen molar-refractivity contribution in [1.29, 1.82) is 0 Å². The van der Waals surface area contributed by atoms with Gasteiger partial charge in [-0.15, -0.1) is 0 Å². The smallest absolute Gasteiger partial charge is 0.253 e. The molecule has 2 heterocycles. The Labute approximate surface area is 202 Å². The fourth-order valence-corrected chi connectivity index (χ4v) is 4.30. The monoisotopic (exact) mass is 474 g/mol. The number of nitrogens with one attached hydrogen (secondary N) is 1. The molecule has 1 N–H and O–H groups in total. The van der Waals surface area contributed by atoms with Crippen LogP contribution in [0.5, 0.6) is 17.2 Å². The molecule has 0 atom stereocenters. The van der Waals surface area contributed by atoms with Crippen LogP contribution in [0.25, 0.3) is 16.9 Å². The zero-order chi connectivity index (χ0) is 23.7. The minimum atomic E-state index is -0.171. The van der Waals surface area contributed by atoms with Crippen LogP contribution in [0.3, 0.4) is 0 Å². The van der Waals surface area contributed by atoms with E-state index in [9.17, 15) is 4.79 Å². The van der Waals surface area contributed by atoms with Crippen molar-refractivity contribution in [3.05, 3.63) is 94.6 Å². The number of hydrogen-bond acceptors (Lipinski definition) is 4. The maximum absolute atomic E-state index is 13.3. The molecule has 5 rings (SSSR count). The summed E-state index contributed by atoms with van der Waals surface area (Å²) in [6.45, 7) is 2.50. The zero-order valence-corrected chi connectivity index (χ0v) is 19.6. The third-order valence-corrected chi connectivity index (χ3v) is 6.18. The Bertz CT molecular complexity index is 1360. The van der Waals surface area contributed by atoms with Crippen LogP contribution in [-0.4, -0.2) is 24.4 Å². The van der Waals surface area contributed by atoms with E-state index >= 15 is 0 Å². The van der Waals surface area contributed by atoms with E-state index in [0.29, 0.717) is 28.6 Å². The van der Waals surface area contributed by atoms with Crippen LogP contribution in [0, 0.1) is 6.92 Å². The molecule has 0 saturated heterocycles. The molecule has 1 aliphatic heterocycles. The summed E-state index contributed by atoms with van der Waals surface area (Å²) in [6, 6.07) is 22.9. The lowest BCUT2D eigenvalue weighted by Gasteiger charge is -2.14. The average molecular weight is 475 g/mol. The van der Waals surface area contributed by atoms with Gasteiger partial charge in [-0.05, 0) is 72.6 Å². The van der Waals surface area contributed by atoms with Crippen LogP contribution >= 0.6 is 11.6 Å². The third-order valence-electron chi connectivity index (χ3n) is 5.86. The second-order valence-electron chi connectivity index (χ2n) is 7.91. The predicted octanol–water partition coefficient (Wildman–Crippen LogP) is 5.77. The molecule has 0 unspecified atom stereocenters. The van der Waals surface area contributed by atoms with E-state index in [2.05, 4.69) is 5.32 Å². The van der Waals surface area contributed by atoms with E-state index in [1.54, 1.807) is 7.11 Å². The summed E-state index contributed by atoms with van der Waals surface area (Å²) < 4.78 is 18.1. The van der Waals surface area contributed by atoms with Crippen molar-refractivity contribution in [2.24, 2.45) is 0 Å². The molecular weight excluding hydrogens is 452 g/mol. The topological polar surface area (TPSA) is 61.7 Å². The zero-order valence-electron chi connectivity index (χ0n) is 18.8. The maximum Gasteiger partial charge on any atom is 0.253 e. The van der Waals surface area contributed by atoms with Gasteiger partial charge in [-0.1, -0.05) is 29.8 Å². The molecule has 0 bridgehead atoms. The summed E-state index contributed by atoms with van der Waals surface area (Å²) in [5, 5.41) is 3.62. The van der Waals surface area contributed by atoms with Crippen LogP contribution < -0.4 is 19.5 Å². The first-order valence-corrected chi connectivity index (χ1v) is 11.2. The van der Waals surface area contributed by atoms with Crippen molar-refractivity contribution in [1.82, 2.24) is 9.88 Å². The second kappa shape index (κ2) is 9.15. The summed E-state index contributed by atoms with van der Waals surface area (Å²) >= 11 is 6.55. The number of halogens is 1. The number of benzene rings is 3. The highest BCUT2D eigenvalue weighted by molar-refractivity contribution is 6.32. The van der Waals surface area contributed by atoms with Crippen molar-refractivity contribution in [2.45, 2.75) is 13.5 Å². The fraction of sp³-hybridized carbons (Fsp3) is 0.148. The minimum Gasteiger partial charge on any atom is -0.497 e. The van der Waals surface area contributed by atoms with Crippen molar-refractivity contribution in [3.8, 4) is 34.2 Å². The van der Waals surface area contributed by atoms with Gasteiger partial charge in [0.15, 0.2) is 11.5 Å². The Morgan fingerprint density at radius 1 is 1.03 bits per heavy atom. The number of ether oxygens (including phenoxy) is 3. The summed E-state index contributed by atoms with van der Waals surface area (Å²) in [5.74, 6) is 2.00. The molecule has 1 amide bonds. The van der Waals surface area contributed by atoms with Gasteiger partial charge in [0.05, 0.1) is 29.1 Å². The number of carbonyl (C=O) groups excluding carboxylic acids is 1. The number of carbonyl (C=O) groups is 1. The molecule has 0 aliphatic carbocycles. The van der Waals surface area contributed by atoms with Crippen molar-refractivity contribution in [2.75, 3.05) is 13.9 Å². The average Bonchev–Trinajstić information content (AvgIpc) is 3.47. The largest absolute Gasteiger partial charge is 0.497 e. The number of hydrogen-bond donors (Lipinski definition) is 1. The van der Waals surface area contributed by atoms with Gasteiger partial charge in [0.25, 0.3) is 5.91 Å². The normalized spacial score (nSPS) is 12.0. The predicted molar refractivity (Wildman–Crippen MR) is 131 cm³/mol. The molecule has 0 saturated carbocycles. The van der Waals surface area contributed by atoms with Crippen LogP contribution in [0.15, 0.2) is 72.8 Å². The third kappa shape index (κ3) is 4.08. The first-order valence-electron chi connectivity index (χ1n) is 10.8. The van der Waals surface area contributed by atoms with Gasteiger partial charge in [0.1, 0.15) is 5.75 Å². The molecule has 34 heavy (non-hydrogen) atoms. The molecule has 6 nitrogen and oxygen atoms in total. The summed E-state index contributed by atoms with van der Waals surface area (Å²) in [5.41, 5.74) is 4.91. The molecule has 4 aromatic rings. The Morgan fingerprint density at radius 3 is 2.56 bits per heavy atom. The highest BCUT2D eigenvalue weighted by Crippen LogP contribution is 2.34. The maximum atomic E-state index is 13.3. The highest BCUT2D eigenvalue weighted by atomic mass is 35.5. The summed E-state index contributed by atoms with van der Waals surface area (Å²) in [6.07, 6.45) is 0. The quantitative estimate of drug-likeness (QED) is 0.385. The number of aromatic nitrogens is 1. The van der Waals surface area contributed by atoms with Crippen molar-refractivity contribution in [3.63, 3.8) is 0 Å². The Morgan fingerprint density at radius 2 is 1.79 bits per heavy atom. The van der Waals surface area contributed by atoms with Crippen LogP contribution in [-0.2, 0) is 6.54 Å². The molecule has 7 heteroatoms. The second-order valence-corrected chi connectivity index (χ2v) is 8.32. The molecule has 0 radical (unpaired) electrons. The van der Waals surface area contributed by atoms with Crippen molar-refractivity contribution >= 4 is 17.5 Å². The SMILES string of the molecule is COc1ccc(-c2cc(C(=O)NCc3ccc4c(c3)OCO4)c(C)n2-c2ccccc2Cl)cc1. The van der Waals surface area contributed by atoms with Gasteiger partial charge in [-0.25, -0.2) is 0 Å². The van der Waals surface area contributed by atoms with Crippen LogP contribution in [0.1, 0.15) is 21.6 Å². The minimum absolute atomic E-state index is 0.171. The van der Waals surface area contributed by atoms with E-state index in [4.69, 9.17) is 25.8 Å². The number of fused-ring (bicyclic) bond motifs is 1. The molecule has 1 aliphatic rings. The van der Waals surface area contributed by atoms with E-state index in [1.165, 1.54) is 0 Å². The molecule has 172 valence electrons. The molecule has 0 spiro atoms. The molecule has 3 aromatic carbocycles. The number of para-hydroxylation sites is 1.